The van der Waals surface area contributed by atoms with Crippen molar-refractivity contribution in [3.63, 3.8) is 0 Å². The first-order chi connectivity index (χ1) is 8.62. The summed E-state index contributed by atoms with van der Waals surface area (Å²) in [7, 11) is 0. The average molecular weight is 254 g/mol. The average Bonchev–Trinajstić information content (AvgIpc) is 2.36. The maximum atomic E-state index is 10.8. The van der Waals surface area contributed by atoms with E-state index >= 15 is 0 Å². The molecule has 0 bridgehead atoms. The van der Waals surface area contributed by atoms with Gasteiger partial charge in [-0.3, -0.25) is 10.1 Å². The summed E-state index contributed by atoms with van der Waals surface area (Å²) in [6, 6.07) is 4.53. The van der Waals surface area contributed by atoms with Crippen LogP contribution in [0.25, 0.3) is 0 Å². The second kappa shape index (κ2) is 6.80. The Morgan fingerprint density at radius 1 is 1.50 bits per heavy atom. The van der Waals surface area contributed by atoms with E-state index in [1.165, 1.54) is 6.07 Å². The van der Waals surface area contributed by atoms with Crippen molar-refractivity contribution >= 4 is 11.4 Å². The Morgan fingerprint density at radius 3 is 2.72 bits per heavy atom. The molecule has 0 heterocycles. The molecule has 0 radical (unpaired) electrons. The lowest BCUT2D eigenvalue weighted by molar-refractivity contribution is -0.385. The highest BCUT2D eigenvalue weighted by atomic mass is 16.6. The molecule has 6 heteroatoms. The number of hydrogen-bond donors (Lipinski definition) is 2. The minimum atomic E-state index is -0.474. The number of aliphatic hydroxyl groups excluding tert-OH is 1. The highest BCUT2D eigenvalue weighted by molar-refractivity contribution is 5.58. The van der Waals surface area contributed by atoms with Gasteiger partial charge in [0.05, 0.1) is 18.1 Å². The van der Waals surface area contributed by atoms with Gasteiger partial charge in [0.2, 0.25) is 0 Å². The molecule has 0 saturated heterocycles. The fraction of sp³-hybridized carbons (Fsp3) is 0.500. The third-order valence-corrected chi connectivity index (χ3v) is 2.54. The number of nitro groups is 1. The van der Waals surface area contributed by atoms with Gasteiger partial charge in [-0.25, -0.2) is 0 Å². The third-order valence-electron chi connectivity index (χ3n) is 2.54. The van der Waals surface area contributed by atoms with Gasteiger partial charge in [0.1, 0.15) is 0 Å². The van der Waals surface area contributed by atoms with Crippen molar-refractivity contribution in [3.8, 4) is 5.75 Å². The fourth-order valence-corrected chi connectivity index (χ4v) is 1.54. The van der Waals surface area contributed by atoms with E-state index in [2.05, 4.69) is 5.32 Å². The van der Waals surface area contributed by atoms with Gasteiger partial charge in [0, 0.05) is 23.9 Å². The lowest BCUT2D eigenvalue weighted by atomic mass is 10.2. The molecule has 0 fully saturated rings. The summed E-state index contributed by atoms with van der Waals surface area (Å²) in [5.41, 5.74) is 0.643. The van der Waals surface area contributed by atoms with Crippen LogP contribution in [0.2, 0.25) is 0 Å². The predicted octanol–water partition coefficient (Wildman–Crippen LogP) is 2.18. The number of anilines is 1. The van der Waals surface area contributed by atoms with Gasteiger partial charge in [0.15, 0.2) is 5.75 Å². The van der Waals surface area contributed by atoms with Crippen LogP contribution in [-0.2, 0) is 0 Å². The first kappa shape index (κ1) is 14.2. The van der Waals surface area contributed by atoms with E-state index < -0.39 is 4.92 Å². The molecule has 0 aliphatic heterocycles. The quantitative estimate of drug-likeness (QED) is 0.575. The number of nitrogens with one attached hydrogen (secondary N) is 1. The fourth-order valence-electron chi connectivity index (χ4n) is 1.54. The van der Waals surface area contributed by atoms with Crippen LogP contribution < -0.4 is 10.1 Å². The van der Waals surface area contributed by atoms with Crippen LogP contribution in [-0.4, -0.2) is 29.3 Å². The Morgan fingerprint density at radius 2 is 2.22 bits per heavy atom. The number of nitro benzene ring substituents is 1. The highest BCUT2D eigenvalue weighted by Crippen LogP contribution is 2.30. The molecule has 0 aliphatic rings. The maximum Gasteiger partial charge on any atom is 0.311 e. The van der Waals surface area contributed by atoms with E-state index in [0.29, 0.717) is 12.3 Å². The molecule has 100 valence electrons. The Labute approximate surface area is 106 Å². The summed E-state index contributed by atoms with van der Waals surface area (Å²) in [6.07, 6.45) is 0.761. The lowest BCUT2D eigenvalue weighted by Gasteiger charge is -2.16. The molecule has 1 aromatic rings. The van der Waals surface area contributed by atoms with E-state index in [4.69, 9.17) is 9.84 Å². The normalized spacial score (nSPS) is 11.9. The third kappa shape index (κ3) is 3.59. The summed E-state index contributed by atoms with van der Waals surface area (Å²) in [6.45, 7) is 4.09. The number of ether oxygens (including phenoxy) is 1. The van der Waals surface area contributed by atoms with E-state index in [0.717, 1.165) is 6.42 Å². The molecular formula is C12H18N2O4. The monoisotopic (exact) mass is 254 g/mol. The predicted molar refractivity (Wildman–Crippen MR) is 69.1 cm³/mol. The Bertz CT molecular complexity index is 405. The molecule has 18 heavy (non-hydrogen) atoms. The summed E-state index contributed by atoms with van der Waals surface area (Å²) >= 11 is 0. The Balaban J connectivity index is 2.95. The van der Waals surface area contributed by atoms with Crippen LogP contribution in [0, 0.1) is 10.1 Å². The van der Waals surface area contributed by atoms with E-state index in [-0.39, 0.29) is 24.1 Å². The van der Waals surface area contributed by atoms with Crippen LogP contribution in [0.3, 0.4) is 0 Å². The molecule has 1 rings (SSSR count). The summed E-state index contributed by atoms with van der Waals surface area (Å²) in [5.74, 6) is 0.236. The van der Waals surface area contributed by atoms with Gasteiger partial charge < -0.3 is 15.2 Å². The molecule has 0 saturated carbocycles. The smallest absolute Gasteiger partial charge is 0.311 e. The Kier molecular flexibility index (Phi) is 5.38. The first-order valence-corrected chi connectivity index (χ1v) is 5.91. The molecule has 0 aromatic heterocycles. The minimum Gasteiger partial charge on any atom is -0.487 e. The van der Waals surface area contributed by atoms with Crippen LogP contribution in [0.5, 0.6) is 5.75 Å². The van der Waals surface area contributed by atoms with Crippen LogP contribution >= 0.6 is 0 Å². The standard InChI is InChI=1S/C12H18N2O4/c1-3-9(8-15)13-10-5-6-11(14(16)17)12(7-10)18-4-2/h5-7,9,13,15H,3-4,8H2,1-2H3/t9-/m0/s1. The van der Waals surface area contributed by atoms with Crippen molar-refractivity contribution in [1.82, 2.24) is 0 Å². The molecule has 1 aromatic carbocycles. The second-order valence-corrected chi connectivity index (χ2v) is 3.80. The van der Waals surface area contributed by atoms with Crippen LogP contribution in [0.15, 0.2) is 18.2 Å². The van der Waals surface area contributed by atoms with Crippen molar-refractivity contribution in [2.45, 2.75) is 26.3 Å². The van der Waals surface area contributed by atoms with Crippen LogP contribution in [0.1, 0.15) is 20.3 Å². The summed E-state index contributed by atoms with van der Waals surface area (Å²) in [4.78, 5) is 10.3. The summed E-state index contributed by atoms with van der Waals surface area (Å²) in [5, 5.41) is 23.0. The van der Waals surface area contributed by atoms with Gasteiger partial charge in [0.25, 0.3) is 0 Å². The highest BCUT2D eigenvalue weighted by Gasteiger charge is 2.16. The number of aliphatic hydroxyl groups is 1. The molecule has 0 unspecified atom stereocenters. The first-order valence-electron chi connectivity index (χ1n) is 5.91. The molecule has 1 atom stereocenters. The molecule has 2 N–H and O–H groups in total. The van der Waals surface area contributed by atoms with Gasteiger partial charge in [-0.15, -0.1) is 0 Å². The number of benzene rings is 1. The molecule has 0 aliphatic carbocycles. The number of rotatable bonds is 7. The minimum absolute atomic E-state index is 0.0114. The zero-order chi connectivity index (χ0) is 13.5. The van der Waals surface area contributed by atoms with Gasteiger partial charge in [-0.2, -0.15) is 0 Å². The zero-order valence-electron chi connectivity index (χ0n) is 10.5. The van der Waals surface area contributed by atoms with Gasteiger partial charge in [-0.1, -0.05) is 6.92 Å². The van der Waals surface area contributed by atoms with Crippen molar-refractivity contribution in [1.29, 1.82) is 0 Å². The molecule has 0 amide bonds. The number of hydrogen-bond acceptors (Lipinski definition) is 5. The van der Waals surface area contributed by atoms with Gasteiger partial charge in [-0.05, 0) is 19.4 Å². The lowest BCUT2D eigenvalue weighted by Crippen LogP contribution is -2.22. The SMILES string of the molecule is CCOc1cc(N[C@@H](CC)CO)ccc1[N+](=O)[O-]. The van der Waals surface area contributed by atoms with Crippen molar-refractivity contribution in [2.75, 3.05) is 18.5 Å². The van der Waals surface area contributed by atoms with Crippen molar-refractivity contribution in [2.24, 2.45) is 0 Å². The topological polar surface area (TPSA) is 84.6 Å². The van der Waals surface area contributed by atoms with Gasteiger partial charge >= 0.3 is 5.69 Å². The maximum absolute atomic E-state index is 10.8. The van der Waals surface area contributed by atoms with E-state index in [9.17, 15) is 10.1 Å². The molecule has 0 spiro atoms. The largest absolute Gasteiger partial charge is 0.487 e. The molecule has 6 nitrogen and oxygen atoms in total. The van der Waals surface area contributed by atoms with Crippen LogP contribution in [0.4, 0.5) is 11.4 Å². The van der Waals surface area contributed by atoms with E-state index in [1.807, 2.05) is 6.92 Å². The summed E-state index contributed by atoms with van der Waals surface area (Å²) < 4.78 is 5.24. The van der Waals surface area contributed by atoms with E-state index in [1.54, 1.807) is 19.1 Å². The number of nitrogens with zero attached hydrogens (tertiary/aromatic N) is 1. The van der Waals surface area contributed by atoms with Crippen molar-refractivity contribution in [3.05, 3.63) is 28.3 Å². The van der Waals surface area contributed by atoms with Crippen molar-refractivity contribution < 1.29 is 14.8 Å². The Hall–Kier alpha value is -1.82. The zero-order valence-corrected chi connectivity index (χ0v) is 10.5. The second-order valence-electron chi connectivity index (χ2n) is 3.80. The molecular weight excluding hydrogens is 236 g/mol.